The van der Waals surface area contributed by atoms with Gasteiger partial charge in [-0.15, -0.1) is 11.3 Å². The van der Waals surface area contributed by atoms with Crippen molar-refractivity contribution in [3.63, 3.8) is 0 Å². The zero-order chi connectivity index (χ0) is 29.6. The van der Waals surface area contributed by atoms with E-state index in [1.165, 1.54) is 37.3 Å². The van der Waals surface area contributed by atoms with E-state index in [1.54, 1.807) is 22.8 Å². The van der Waals surface area contributed by atoms with Crippen LogP contribution in [-0.4, -0.2) is 50.9 Å². The lowest BCUT2D eigenvalue weighted by atomic mass is 10.1. The van der Waals surface area contributed by atoms with Crippen molar-refractivity contribution >= 4 is 39.8 Å². The van der Waals surface area contributed by atoms with E-state index < -0.39 is 5.97 Å². The van der Waals surface area contributed by atoms with Crippen molar-refractivity contribution in [2.24, 2.45) is 5.73 Å². The molecular weight excluding hydrogens is 572 g/mol. The number of aromatic nitrogens is 2. The number of benzene rings is 2. The van der Waals surface area contributed by atoms with Gasteiger partial charge in [-0.25, -0.2) is 4.79 Å². The maximum Gasteiger partial charge on any atom is 0.352 e. The van der Waals surface area contributed by atoms with Gasteiger partial charge in [0.2, 0.25) is 0 Å². The summed E-state index contributed by atoms with van der Waals surface area (Å²) < 4.78 is 13.8. The van der Waals surface area contributed by atoms with E-state index in [0.717, 1.165) is 21.3 Å². The van der Waals surface area contributed by atoms with Crippen molar-refractivity contribution in [1.82, 2.24) is 14.6 Å². The van der Waals surface area contributed by atoms with Crippen molar-refractivity contribution in [2.75, 3.05) is 13.1 Å². The number of halogens is 1. The molecule has 1 aliphatic heterocycles. The quantitative estimate of drug-likeness (QED) is 0.193. The molecule has 0 atom stereocenters. The van der Waals surface area contributed by atoms with Crippen LogP contribution in [0.4, 0.5) is 0 Å². The molecule has 5 aromatic rings. The Morgan fingerprint density at radius 3 is 2.55 bits per heavy atom. The lowest BCUT2D eigenvalue weighted by molar-refractivity contribution is 0.0686. The summed E-state index contributed by atoms with van der Waals surface area (Å²) in [6.07, 6.45) is 2.36. The highest BCUT2D eigenvalue weighted by atomic mass is 35.5. The molecule has 0 aliphatic carbocycles. The summed E-state index contributed by atoms with van der Waals surface area (Å²) >= 11 is 7.40. The van der Waals surface area contributed by atoms with Crippen LogP contribution in [0.15, 0.2) is 77.3 Å². The molecule has 2 aromatic carbocycles. The summed E-state index contributed by atoms with van der Waals surface area (Å²) in [6.45, 7) is 7.52. The van der Waals surface area contributed by atoms with Crippen LogP contribution >= 0.6 is 22.9 Å². The number of carboxylic acids is 1. The van der Waals surface area contributed by atoms with Gasteiger partial charge >= 0.3 is 5.97 Å². The summed E-state index contributed by atoms with van der Waals surface area (Å²) in [4.78, 5) is 15.3. The molecule has 0 unspecified atom stereocenters. The third-order valence-electron chi connectivity index (χ3n) is 7.36. The number of nitrogens with zero attached hydrogens (tertiary/aromatic N) is 3. The van der Waals surface area contributed by atoms with Gasteiger partial charge < -0.3 is 29.6 Å². The lowest BCUT2D eigenvalue weighted by Gasteiger charge is -2.32. The summed E-state index contributed by atoms with van der Waals surface area (Å²) in [5.41, 5.74) is 8.31. The molecule has 0 amide bonds. The smallest absolute Gasteiger partial charge is 0.352 e. The molecule has 6 rings (SSSR count). The molecule has 3 aromatic heterocycles. The Morgan fingerprint density at radius 1 is 1.12 bits per heavy atom. The number of fused-ring (bicyclic) bond motifs is 1. The van der Waals surface area contributed by atoms with Gasteiger partial charge in [-0.3, -0.25) is 0 Å². The maximum atomic E-state index is 12.0. The fourth-order valence-electron chi connectivity index (χ4n) is 5.01. The predicted molar refractivity (Wildman–Crippen MR) is 168 cm³/mol. The number of carbonyl (C=O) groups is 1. The highest BCUT2D eigenvalue weighted by Gasteiger charge is 2.20. The van der Waals surface area contributed by atoms with Gasteiger partial charge in [-0.2, -0.15) is 0 Å². The number of piperidine rings is 1. The van der Waals surface area contributed by atoms with Crippen LogP contribution in [0.2, 0.25) is 4.34 Å². The van der Waals surface area contributed by atoms with Crippen LogP contribution < -0.4 is 10.5 Å². The van der Waals surface area contributed by atoms with E-state index in [1.807, 2.05) is 54.6 Å². The van der Waals surface area contributed by atoms with Gasteiger partial charge in [0, 0.05) is 23.5 Å². The molecule has 0 spiro atoms. The molecule has 1 aliphatic rings. The minimum absolute atomic E-state index is 0.152. The van der Waals surface area contributed by atoms with Crippen LogP contribution in [0.25, 0.3) is 21.5 Å². The molecule has 4 heterocycles. The SMILES string of the molecule is CC(C)N1CCC(N)CC1.O=C(O)c1cc2c(OCc3ccccc3)cccc2n1Cc1cc(-c2ccc(Cl)s2)on1. The molecular formula is C32H35ClN4O4S. The van der Waals surface area contributed by atoms with Crippen LogP contribution in [0, 0.1) is 0 Å². The van der Waals surface area contributed by atoms with Crippen molar-refractivity contribution < 1.29 is 19.2 Å². The van der Waals surface area contributed by atoms with Crippen molar-refractivity contribution in [3.8, 4) is 16.4 Å². The topological polar surface area (TPSA) is 107 Å². The molecule has 3 N–H and O–H groups in total. The van der Waals surface area contributed by atoms with Crippen LogP contribution in [0.3, 0.4) is 0 Å². The fourth-order valence-corrected chi connectivity index (χ4v) is 6.00. The first-order valence-electron chi connectivity index (χ1n) is 14.0. The minimum atomic E-state index is -1.02. The Bertz CT molecular complexity index is 1620. The van der Waals surface area contributed by atoms with Gasteiger partial charge in [0.15, 0.2) is 5.76 Å². The van der Waals surface area contributed by atoms with E-state index >= 15 is 0 Å². The fraction of sp³-hybridized carbons (Fsp3) is 0.312. The molecule has 0 radical (unpaired) electrons. The lowest BCUT2D eigenvalue weighted by Crippen LogP contribution is -2.42. The number of hydrogen-bond acceptors (Lipinski definition) is 7. The molecule has 10 heteroatoms. The predicted octanol–water partition coefficient (Wildman–Crippen LogP) is 7.15. The first-order chi connectivity index (χ1) is 20.3. The van der Waals surface area contributed by atoms with E-state index in [0.29, 0.717) is 40.2 Å². The van der Waals surface area contributed by atoms with Crippen LogP contribution in [-0.2, 0) is 13.2 Å². The second-order valence-electron chi connectivity index (χ2n) is 10.6. The average Bonchev–Trinajstić information content (AvgIpc) is 3.72. The van der Waals surface area contributed by atoms with E-state index in [9.17, 15) is 9.90 Å². The number of nitrogens with two attached hydrogens (primary N) is 1. The van der Waals surface area contributed by atoms with Crippen molar-refractivity contribution in [1.29, 1.82) is 0 Å². The summed E-state index contributed by atoms with van der Waals surface area (Å²) in [7, 11) is 0. The number of likely N-dealkylation sites (tertiary alicyclic amines) is 1. The zero-order valence-corrected chi connectivity index (χ0v) is 25.3. The Labute approximate surface area is 254 Å². The molecule has 0 saturated carbocycles. The van der Waals surface area contributed by atoms with Crippen molar-refractivity contribution in [2.45, 2.75) is 51.9 Å². The number of aromatic carboxylic acids is 1. The largest absolute Gasteiger partial charge is 0.488 e. The third kappa shape index (κ3) is 7.22. The minimum Gasteiger partial charge on any atom is -0.488 e. The van der Waals surface area contributed by atoms with Gasteiger partial charge in [-0.05, 0) is 75.7 Å². The maximum absolute atomic E-state index is 12.0. The Balaban J connectivity index is 0.000000300. The first-order valence-corrected chi connectivity index (χ1v) is 15.2. The van der Waals surface area contributed by atoms with Gasteiger partial charge in [0.05, 0.1) is 21.3 Å². The van der Waals surface area contributed by atoms with Gasteiger partial charge in [0.25, 0.3) is 0 Å². The molecule has 220 valence electrons. The summed E-state index contributed by atoms with van der Waals surface area (Å²) in [5.74, 6) is 0.197. The van der Waals surface area contributed by atoms with E-state index in [2.05, 4.69) is 23.9 Å². The normalized spacial score (nSPS) is 14.2. The second-order valence-corrected chi connectivity index (χ2v) is 12.4. The van der Waals surface area contributed by atoms with Gasteiger partial charge in [0.1, 0.15) is 23.7 Å². The monoisotopic (exact) mass is 606 g/mol. The van der Waals surface area contributed by atoms with E-state index in [4.69, 9.17) is 26.6 Å². The van der Waals surface area contributed by atoms with Gasteiger partial charge in [-0.1, -0.05) is 53.2 Å². The first kappa shape index (κ1) is 29.8. The molecule has 42 heavy (non-hydrogen) atoms. The number of carboxylic acid groups (broad SMARTS) is 1. The Morgan fingerprint density at radius 2 is 1.88 bits per heavy atom. The highest BCUT2D eigenvalue weighted by molar-refractivity contribution is 7.19. The Kier molecular flexibility index (Phi) is 9.64. The summed E-state index contributed by atoms with van der Waals surface area (Å²) in [6, 6.07) is 23.7. The van der Waals surface area contributed by atoms with E-state index in [-0.39, 0.29) is 12.2 Å². The molecule has 8 nitrogen and oxygen atoms in total. The average molecular weight is 607 g/mol. The zero-order valence-electron chi connectivity index (χ0n) is 23.7. The standard InChI is InChI=1S/C24H17ClN2O4S.C8H18N2/c25-23-10-9-22(32-23)21-11-16(26-31-21)13-27-18-7-4-8-20(17(18)12-19(27)24(28)29)30-14-15-5-2-1-3-6-15;1-7(2)10-5-3-8(9)4-6-10/h1-12H,13-14H2,(H,28,29);7-8H,3-6,9H2,1-2H3. The van der Waals surface area contributed by atoms with Crippen molar-refractivity contribution in [3.05, 3.63) is 94.1 Å². The molecule has 1 saturated heterocycles. The summed E-state index contributed by atoms with van der Waals surface area (Å²) in [5, 5.41) is 14.7. The number of ether oxygens (including phenoxy) is 1. The molecule has 0 bridgehead atoms. The van der Waals surface area contributed by atoms with Crippen LogP contribution in [0.1, 0.15) is 48.4 Å². The number of thiophene rings is 1. The third-order valence-corrected chi connectivity index (χ3v) is 8.61. The Hall–Kier alpha value is -3.63. The van der Waals surface area contributed by atoms with Crippen LogP contribution in [0.5, 0.6) is 5.75 Å². The molecule has 1 fully saturated rings. The number of rotatable bonds is 8. The number of hydrogen-bond donors (Lipinski definition) is 2. The second kappa shape index (κ2) is 13.6. The highest BCUT2D eigenvalue weighted by Crippen LogP contribution is 2.33.